The summed E-state index contributed by atoms with van der Waals surface area (Å²) in [5, 5.41) is 9.44. The second-order valence-corrected chi connectivity index (χ2v) is 4.54. The molecule has 0 amide bonds. The van der Waals surface area contributed by atoms with Gasteiger partial charge in [-0.25, -0.2) is 0 Å². The van der Waals surface area contributed by atoms with E-state index in [4.69, 9.17) is 9.47 Å². The van der Waals surface area contributed by atoms with Gasteiger partial charge in [-0.2, -0.15) is 0 Å². The highest BCUT2D eigenvalue weighted by molar-refractivity contribution is 5.71. The molecule has 4 nitrogen and oxygen atoms in total. The Bertz CT molecular complexity index is 450. The van der Waals surface area contributed by atoms with Crippen LogP contribution in [0.5, 0.6) is 11.5 Å². The lowest BCUT2D eigenvalue weighted by atomic mass is 10.2. The Morgan fingerprint density at radius 2 is 2.10 bits per heavy atom. The molecule has 0 bridgehead atoms. The summed E-state index contributed by atoms with van der Waals surface area (Å²) in [6.45, 7) is 4.26. The Morgan fingerprint density at radius 1 is 1.40 bits per heavy atom. The average Bonchev–Trinajstić information content (AvgIpc) is 2.37. The molecule has 1 N–H and O–H groups in total. The van der Waals surface area contributed by atoms with E-state index in [-0.39, 0.29) is 32.2 Å². The van der Waals surface area contributed by atoms with Crippen LogP contribution in [-0.2, 0) is 16.1 Å². The van der Waals surface area contributed by atoms with Crippen LogP contribution in [0.4, 0.5) is 0 Å². The van der Waals surface area contributed by atoms with Gasteiger partial charge in [0.25, 0.3) is 0 Å². The number of carbonyl (C=O) groups excluding carboxylic acids is 1. The van der Waals surface area contributed by atoms with E-state index in [1.807, 2.05) is 26.0 Å². The fraction of sp³-hybridized carbons (Fsp3) is 0.438. The number of benzene rings is 1. The van der Waals surface area contributed by atoms with Crippen molar-refractivity contribution in [1.82, 2.24) is 0 Å². The molecule has 0 aromatic heterocycles. The topological polar surface area (TPSA) is 55.8 Å². The lowest BCUT2D eigenvalue weighted by Gasteiger charge is -2.07. The van der Waals surface area contributed by atoms with Crippen LogP contribution in [0.1, 0.15) is 33.3 Å². The van der Waals surface area contributed by atoms with Gasteiger partial charge in [0.15, 0.2) is 11.5 Å². The number of phenols is 1. The van der Waals surface area contributed by atoms with E-state index >= 15 is 0 Å². The van der Waals surface area contributed by atoms with Crippen molar-refractivity contribution in [3.63, 3.8) is 0 Å². The van der Waals surface area contributed by atoms with E-state index in [9.17, 15) is 9.90 Å². The molecule has 0 aliphatic rings. The molecule has 0 fully saturated rings. The first-order chi connectivity index (χ1) is 9.02. The SMILES string of the molecule is C.COc1cc(COC(=O)C/C=C/C(C)C)ccc1O. The summed E-state index contributed by atoms with van der Waals surface area (Å²) in [6.07, 6.45) is 4.04. The normalized spacial score (nSPS) is 10.4. The largest absolute Gasteiger partial charge is 0.504 e. The zero-order valence-electron chi connectivity index (χ0n) is 11.6. The van der Waals surface area contributed by atoms with Crippen LogP contribution in [0.15, 0.2) is 30.4 Å². The molecule has 4 heteroatoms. The van der Waals surface area contributed by atoms with Crippen molar-refractivity contribution in [3.8, 4) is 11.5 Å². The van der Waals surface area contributed by atoms with Gasteiger partial charge in [0.1, 0.15) is 6.61 Å². The smallest absolute Gasteiger partial charge is 0.309 e. The molecule has 0 unspecified atom stereocenters. The molecule has 0 aliphatic heterocycles. The highest BCUT2D eigenvalue weighted by Crippen LogP contribution is 2.26. The van der Waals surface area contributed by atoms with E-state index < -0.39 is 0 Å². The zero-order valence-corrected chi connectivity index (χ0v) is 11.6. The van der Waals surface area contributed by atoms with E-state index in [1.165, 1.54) is 13.2 Å². The Kier molecular flexibility index (Phi) is 8.13. The van der Waals surface area contributed by atoms with E-state index in [0.717, 1.165) is 5.56 Å². The Morgan fingerprint density at radius 3 is 2.70 bits per heavy atom. The average molecular weight is 280 g/mol. The van der Waals surface area contributed by atoms with Gasteiger partial charge >= 0.3 is 5.97 Å². The molecular weight excluding hydrogens is 256 g/mol. The molecular formula is C16H24O4. The summed E-state index contributed by atoms with van der Waals surface area (Å²) < 4.78 is 10.1. The third kappa shape index (κ3) is 6.27. The Labute approximate surface area is 121 Å². The van der Waals surface area contributed by atoms with Crippen molar-refractivity contribution in [1.29, 1.82) is 0 Å². The molecule has 1 aromatic rings. The number of hydrogen-bond donors (Lipinski definition) is 1. The van der Waals surface area contributed by atoms with E-state index in [1.54, 1.807) is 12.1 Å². The molecule has 0 heterocycles. The fourth-order valence-corrected chi connectivity index (χ4v) is 1.47. The van der Waals surface area contributed by atoms with Crippen molar-refractivity contribution < 1.29 is 19.4 Å². The molecule has 20 heavy (non-hydrogen) atoms. The number of aromatic hydroxyl groups is 1. The van der Waals surface area contributed by atoms with Gasteiger partial charge in [-0.1, -0.05) is 39.5 Å². The van der Waals surface area contributed by atoms with Gasteiger partial charge in [-0.15, -0.1) is 0 Å². The number of carbonyl (C=O) groups is 1. The molecule has 1 rings (SSSR count). The summed E-state index contributed by atoms with van der Waals surface area (Å²) in [5.41, 5.74) is 0.774. The quantitative estimate of drug-likeness (QED) is 0.638. The predicted octanol–water partition coefficient (Wildman–Crippen LogP) is 3.68. The first kappa shape index (κ1) is 18.0. The summed E-state index contributed by atoms with van der Waals surface area (Å²) in [7, 11) is 1.47. The van der Waals surface area contributed by atoms with Crippen LogP contribution in [0.3, 0.4) is 0 Å². The highest BCUT2D eigenvalue weighted by atomic mass is 16.5. The van der Waals surface area contributed by atoms with Gasteiger partial charge in [0.2, 0.25) is 0 Å². The number of methoxy groups -OCH3 is 1. The number of esters is 1. The molecule has 112 valence electrons. The minimum Gasteiger partial charge on any atom is -0.504 e. The van der Waals surface area contributed by atoms with Crippen LogP contribution in [-0.4, -0.2) is 18.2 Å². The van der Waals surface area contributed by atoms with E-state index in [0.29, 0.717) is 11.7 Å². The van der Waals surface area contributed by atoms with Crippen molar-refractivity contribution >= 4 is 5.97 Å². The maximum Gasteiger partial charge on any atom is 0.309 e. The molecule has 0 atom stereocenters. The number of rotatable bonds is 6. The summed E-state index contributed by atoms with van der Waals surface area (Å²) in [5.74, 6) is 0.587. The number of phenolic OH excluding ortho intramolecular Hbond substituents is 1. The van der Waals surface area contributed by atoms with Crippen molar-refractivity contribution in [3.05, 3.63) is 35.9 Å². The van der Waals surface area contributed by atoms with Crippen LogP contribution < -0.4 is 4.74 Å². The number of hydrogen-bond acceptors (Lipinski definition) is 4. The van der Waals surface area contributed by atoms with Crippen LogP contribution in [0.25, 0.3) is 0 Å². The summed E-state index contributed by atoms with van der Waals surface area (Å²) >= 11 is 0. The lowest BCUT2D eigenvalue weighted by Crippen LogP contribution is -2.03. The van der Waals surface area contributed by atoms with E-state index in [2.05, 4.69) is 0 Å². The number of allylic oxidation sites excluding steroid dienone is 1. The standard InChI is InChI=1S/C15H20O4.CH4/c1-11(2)5-4-6-15(17)19-10-12-7-8-13(16)14(9-12)18-3;/h4-5,7-9,11,16H,6,10H2,1-3H3;1H4/b5-4+;. The first-order valence-electron chi connectivity index (χ1n) is 6.21. The molecule has 1 aromatic carbocycles. The second kappa shape index (κ2) is 9.02. The maximum atomic E-state index is 11.5. The molecule has 0 radical (unpaired) electrons. The van der Waals surface area contributed by atoms with Crippen molar-refractivity contribution in [2.24, 2.45) is 5.92 Å². The van der Waals surface area contributed by atoms with Gasteiger partial charge in [0, 0.05) is 0 Å². The van der Waals surface area contributed by atoms with Gasteiger partial charge in [-0.05, 0) is 23.6 Å². The highest BCUT2D eigenvalue weighted by Gasteiger charge is 2.05. The van der Waals surface area contributed by atoms with Gasteiger partial charge < -0.3 is 14.6 Å². The van der Waals surface area contributed by atoms with Gasteiger partial charge in [0.05, 0.1) is 13.5 Å². The van der Waals surface area contributed by atoms with Crippen molar-refractivity contribution in [2.75, 3.05) is 7.11 Å². The second-order valence-electron chi connectivity index (χ2n) is 4.54. The maximum absolute atomic E-state index is 11.5. The third-order valence-electron chi connectivity index (χ3n) is 2.45. The molecule has 0 saturated heterocycles. The van der Waals surface area contributed by atoms with Gasteiger partial charge in [-0.3, -0.25) is 4.79 Å². The Balaban J connectivity index is 0.00000361. The van der Waals surface area contributed by atoms with Crippen molar-refractivity contribution in [2.45, 2.75) is 34.3 Å². The Hall–Kier alpha value is -1.97. The third-order valence-corrected chi connectivity index (χ3v) is 2.45. The number of ether oxygens (including phenoxy) is 2. The molecule has 0 aliphatic carbocycles. The minimum absolute atomic E-state index is 0. The minimum atomic E-state index is -0.274. The van der Waals surface area contributed by atoms with Crippen LogP contribution in [0, 0.1) is 5.92 Å². The first-order valence-corrected chi connectivity index (χ1v) is 6.21. The monoisotopic (exact) mass is 280 g/mol. The molecule has 0 spiro atoms. The van der Waals surface area contributed by atoms with Crippen LogP contribution in [0.2, 0.25) is 0 Å². The summed E-state index contributed by atoms with van der Waals surface area (Å²) in [6, 6.07) is 4.85. The van der Waals surface area contributed by atoms with Crippen LogP contribution >= 0.6 is 0 Å². The summed E-state index contributed by atoms with van der Waals surface area (Å²) in [4.78, 5) is 11.5. The zero-order chi connectivity index (χ0) is 14.3. The fourth-order valence-electron chi connectivity index (χ4n) is 1.47. The lowest BCUT2D eigenvalue weighted by molar-refractivity contribution is -0.143. The molecule has 0 saturated carbocycles. The predicted molar refractivity (Wildman–Crippen MR) is 79.8 cm³/mol.